The van der Waals surface area contributed by atoms with E-state index in [-0.39, 0.29) is 5.78 Å². The number of thiazole rings is 1. The van der Waals surface area contributed by atoms with Gasteiger partial charge in [0.2, 0.25) is 0 Å². The highest BCUT2D eigenvalue weighted by Crippen LogP contribution is 2.13. The van der Waals surface area contributed by atoms with Crippen molar-refractivity contribution in [3.63, 3.8) is 0 Å². The van der Waals surface area contributed by atoms with Gasteiger partial charge >= 0.3 is 0 Å². The summed E-state index contributed by atoms with van der Waals surface area (Å²) in [6, 6.07) is 1.78. The van der Waals surface area contributed by atoms with Crippen molar-refractivity contribution in [3.05, 3.63) is 39.6 Å². The molecule has 0 atom stereocenters. The lowest BCUT2D eigenvalue weighted by atomic mass is 10.1. The number of nitrogens with zero attached hydrogens (tertiary/aromatic N) is 3. The number of carbonyl (C=O) groups is 1. The summed E-state index contributed by atoms with van der Waals surface area (Å²) in [7, 11) is 0. The fourth-order valence-corrected chi connectivity index (χ4v) is 2.01. The van der Waals surface area contributed by atoms with E-state index in [0.717, 1.165) is 10.6 Å². The molecule has 82 valence electrons. The Labute approximate surface area is 97.4 Å². The van der Waals surface area contributed by atoms with Crippen LogP contribution < -0.4 is 0 Å². The highest BCUT2D eigenvalue weighted by molar-refractivity contribution is 7.09. The van der Waals surface area contributed by atoms with Gasteiger partial charge in [-0.2, -0.15) is 10.2 Å². The number of aryl methyl sites for hydroxylation is 2. The molecule has 5 heteroatoms. The molecule has 0 aromatic carbocycles. The number of aromatic nitrogens is 3. The Bertz CT molecular complexity index is 508. The fourth-order valence-electron chi connectivity index (χ4n) is 1.42. The monoisotopic (exact) mass is 233 g/mol. The van der Waals surface area contributed by atoms with Gasteiger partial charge in [0.25, 0.3) is 0 Å². The van der Waals surface area contributed by atoms with Crippen LogP contribution in [0, 0.1) is 13.8 Å². The van der Waals surface area contributed by atoms with Crippen LogP contribution in [0.4, 0.5) is 0 Å². The van der Waals surface area contributed by atoms with E-state index in [4.69, 9.17) is 0 Å². The average Bonchev–Trinajstić information content (AvgIpc) is 2.74. The number of hydrogen-bond acceptors (Lipinski definition) is 5. The normalized spacial score (nSPS) is 10.4. The Kier molecular flexibility index (Phi) is 3.05. The van der Waals surface area contributed by atoms with Crippen molar-refractivity contribution >= 4 is 17.1 Å². The third kappa shape index (κ3) is 2.30. The molecule has 0 fully saturated rings. The van der Waals surface area contributed by atoms with Gasteiger partial charge in [0, 0.05) is 23.1 Å². The van der Waals surface area contributed by atoms with Crippen molar-refractivity contribution in [1.82, 2.24) is 15.2 Å². The van der Waals surface area contributed by atoms with E-state index in [1.54, 1.807) is 24.7 Å². The molecule has 0 aliphatic heterocycles. The maximum Gasteiger partial charge on any atom is 0.170 e. The third-order valence-corrected chi connectivity index (χ3v) is 3.00. The van der Waals surface area contributed by atoms with Gasteiger partial charge in [-0.05, 0) is 19.9 Å². The molecule has 0 unspecified atom stereocenters. The molecular weight excluding hydrogens is 222 g/mol. The molecule has 2 rings (SSSR count). The molecule has 0 saturated carbocycles. The molecule has 2 aromatic heterocycles. The molecular formula is C11H11N3OS. The van der Waals surface area contributed by atoms with Gasteiger partial charge in [-0.3, -0.25) is 9.78 Å². The Morgan fingerprint density at radius 1 is 1.38 bits per heavy atom. The number of rotatable bonds is 3. The topological polar surface area (TPSA) is 55.7 Å². The summed E-state index contributed by atoms with van der Waals surface area (Å²) in [5.41, 5.74) is 3.82. The van der Waals surface area contributed by atoms with Crippen molar-refractivity contribution in [3.8, 4) is 0 Å². The zero-order valence-corrected chi connectivity index (χ0v) is 9.91. The van der Waals surface area contributed by atoms with Gasteiger partial charge in [0.1, 0.15) is 0 Å². The molecule has 2 heterocycles. The summed E-state index contributed by atoms with van der Waals surface area (Å²) in [6.07, 6.45) is 2.11. The zero-order chi connectivity index (χ0) is 11.5. The van der Waals surface area contributed by atoms with Crippen LogP contribution in [-0.4, -0.2) is 21.0 Å². The molecule has 0 aliphatic carbocycles. The van der Waals surface area contributed by atoms with Crippen LogP contribution in [0.5, 0.6) is 0 Å². The van der Waals surface area contributed by atoms with Crippen molar-refractivity contribution in [2.24, 2.45) is 0 Å². The van der Waals surface area contributed by atoms with E-state index in [0.29, 0.717) is 17.7 Å². The highest BCUT2D eigenvalue weighted by Gasteiger charge is 2.12. The predicted molar refractivity (Wildman–Crippen MR) is 61.7 cm³/mol. The Hall–Kier alpha value is -1.62. The first-order valence-corrected chi connectivity index (χ1v) is 5.76. The number of Topliss-reactive ketones (excluding diaryl/α,β-unsaturated/α-hetero) is 1. The van der Waals surface area contributed by atoms with Gasteiger partial charge in [0.05, 0.1) is 16.9 Å². The molecule has 0 radical (unpaired) electrons. The minimum Gasteiger partial charge on any atom is -0.294 e. The van der Waals surface area contributed by atoms with Crippen LogP contribution in [0.15, 0.2) is 17.8 Å². The Balaban J connectivity index is 2.24. The van der Waals surface area contributed by atoms with Crippen LogP contribution in [0.3, 0.4) is 0 Å². The van der Waals surface area contributed by atoms with Crippen LogP contribution in [-0.2, 0) is 6.42 Å². The summed E-state index contributed by atoms with van der Waals surface area (Å²) >= 11 is 1.49. The van der Waals surface area contributed by atoms with Crippen LogP contribution in [0.2, 0.25) is 0 Å². The fraction of sp³-hybridized carbons (Fsp3) is 0.273. The first-order valence-electron chi connectivity index (χ1n) is 4.88. The lowest BCUT2D eigenvalue weighted by Crippen LogP contribution is -2.07. The van der Waals surface area contributed by atoms with E-state index >= 15 is 0 Å². The zero-order valence-electron chi connectivity index (χ0n) is 9.10. The van der Waals surface area contributed by atoms with Crippen LogP contribution in [0.1, 0.15) is 26.6 Å². The second kappa shape index (κ2) is 4.49. The van der Waals surface area contributed by atoms with Crippen molar-refractivity contribution in [2.75, 3.05) is 0 Å². The van der Waals surface area contributed by atoms with Crippen molar-refractivity contribution < 1.29 is 4.79 Å². The predicted octanol–water partition coefficient (Wildman–Crippen LogP) is 1.98. The molecule has 0 aliphatic rings. The molecule has 0 N–H and O–H groups in total. The van der Waals surface area contributed by atoms with Crippen LogP contribution >= 0.6 is 11.3 Å². The summed E-state index contributed by atoms with van der Waals surface area (Å²) in [5.74, 6) is 0.0692. The van der Waals surface area contributed by atoms with Gasteiger partial charge in [0.15, 0.2) is 5.78 Å². The molecule has 0 spiro atoms. The lowest BCUT2D eigenvalue weighted by Gasteiger charge is -2.02. The molecule has 0 saturated heterocycles. The second-order valence-corrected chi connectivity index (χ2v) is 4.52. The van der Waals surface area contributed by atoms with Gasteiger partial charge in [-0.1, -0.05) is 0 Å². The number of ketones is 1. The van der Waals surface area contributed by atoms with Crippen molar-refractivity contribution in [2.45, 2.75) is 20.3 Å². The summed E-state index contributed by atoms with van der Waals surface area (Å²) < 4.78 is 0. The molecule has 16 heavy (non-hydrogen) atoms. The minimum atomic E-state index is 0.0692. The summed E-state index contributed by atoms with van der Waals surface area (Å²) in [4.78, 5) is 16.9. The maximum absolute atomic E-state index is 12.0. The molecule has 4 nitrogen and oxygen atoms in total. The Morgan fingerprint density at radius 2 is 2.19 bits per heavy atom. The van der Waals surface area contributed by atoms with Crippen LogP contribution in [0.25, 0.3) is 0 Å². The molecule has 0 bridgehead atoms. The summed E-state index contributed by atoms with van der Waals surface area (Å²) in [6.45, 7) is 3.63. The van der Waals surface area contributed by atoms with Gasteiger partial charge in [-0.15, -0.1) is 11.3 Å². The van der Waals surface area contributed by atoms with Crippen molar-refractivity contribution in [1.29, 1.82) is 0 Å². The van der Waals surface area contributed by atoms with Gasteiger partial charge in [-0.25, -0.2) is 0 Å². The van der Waals surface area contributed by atoms with E-state index in [9.17, 15) is 4.79 Å². The third-order valence-electron chi connectivity index (χ3n) is 2.22. The standard InChI is InChI=1S/C11H11N3OS/c1-7-3-10(8(2)14-13-7)11(15)4-9-5-12-6-16-9/h3,5-6H,4H2,1-2H3. The van der Waals surface area contributed by atoms with Gasteiger partial charge < -0.3 is 0 Å². The maximum atomic E-state index is 12.0. The minimum absolute atomic E-state index is 0.0692. The molecule has 2 aromatic rings. The lowest BCUT2D eigenvalue weighted by molar-refractivity contribution is 0.0992. The molecule has 0 amide bonds. The first kappa shape index (κ1) is 10.9. The average molecular weight is 233 g/mol. The first-order chi connectivity index (χ1) is 7.66. The van der Waals surface area contributed by atoms with E-state index < -0.39 is 0 Å². The largest absolute Gasteiger partial charge is 0.294 e. The van der Waals surface area contributed by atoms with E-state index in [2.05, 4.69) is 15.2 Å². The van der Waals surface area contributed by atoms with E-state index in [1.807, 2.05) is 6.92 Å². The Morgan fingerprint density at radius 3 is 2.88 bits per heavy atom. The summed E-state index contributed by atoms with van der Waals surface area (Å²) in [5, 5.41) is 7.85. The second-order valence-electron chi connectivity index (χ2n) is 3.55. The number of carbonyl (C=O) groups excluding carboxylic acids is 1. The SMILES string of the molecule is Cc1cc(C(=O)Cc2cncs2)c(C)nn1. The smallest absolute Gasteiger partial charge is 0.170 e. The highest BCUT2D eigenvalue weighted by atomic mass is 32.1. The quantitative estimate of drug-likeness (QED) is 0.761. The number of hydrogen-bond donors (Lipinski definition) is 0. The van der Waals surface area contributed by atoms with E-state index in [1.165, 1.54) is 11.3 Å².